The molecule has 0 bridgehead atoms. The summed E-state index contributed by atoms with van der Waals surface area (Å²) in [5.74, 6) is -1.02. The van der Waals surface area contributed by atoms with E-state index >= 15 is 0 Å². The van der Waals surface area contributed by atoms with Gasteiger partial charge in [0.1, 0.15) is 17.1 Å². The van der Waals surface area contributed by atoms with Crippen molar-refractivity contribution in [1.82, 2.24) is 9.88 Å². The fourth-order valence-electron chi connectivity index (χ4n) is 3.34. The molecule has 5 nitrogen and oxygen atoms in total. The highest BCUT2D eigenvalue weighted by atomic mass is 35.5. The van der Waals surface area contributed by atoms with Crippen molar-refractivity contribution in [3.63, 3.8) is 0 Å². The van der Waals surface area contributed by atoms with Crippen molar-refractivity contribution >= 4 is 45.0 Å². The minimum atomic E-state index is -0.732. The number of hydrogen-bond acceptors (Lipinski definition) is 5. The monoisotopic (exact) mass is 497 g/mol. The van der Waals surface area contributed by atoms with Crippen LogP contribution in [0.2, 0.25) is 0 Å². The molecule has 0 aliphatic carbocycles. The molecule has 0 radical (unpaired) electrons. The molecule has 0 atom stereocenters. The molecule has 3 aromatic rings. The Balaban J connectivity index is 0.00000385. The predicted octanol–water partition coefficient (Wildman–Crippen LogP) is 6.16. The lowest BCUT2D eigenvalue weighted by molar-refractivity contribution is 0.0983. The normalized spacial score (nSPS) is 11.0. The van der Waals surface area contributed by atoms with E-state index in [0.29, 0.717) is 40.8 Å². The molecular weight excluding hydrogens is 468 g/mol. The molecule has 0 saturated carbocycles. The van der Waals surface area contributed by atoms with Gasteiger partial charge in [0.15, 0.2) is 10.9 Å². The molecule has 1 aromatic heterocycles. The van der Waals surface area contributed by atoms with Crippen LogP contribution in [0.4, 0.5) is 13.9 Å². The van der Waals surface area contributed by atoms with E-state index in [9.17, 15) is 13.6 Å². The zero-order valence-corrected chi connectivity index (χ0v) is 20.8. The average molecular weight is 498 g/mol. The number of carbonyl (C=O) groups is 1. The second-order valence-electron chi connectivity index (χ2n) is 7.44. The lowest BCUT2D eigenvalue weighted by atomic mass is 10.2. The first kappa shape index (κ1) is 27.0. The number of carbonyl (C=O) groups excluding carboxylic acids is 1. The third-order valence-corrected chi connectivity index (χ3v) is 6.29. The van der Waals surface area contributed by atoms with Gasteiger partial charge in [-0.2, -0.15) is 0 Å². The van der Waals surface area contributed by atoms with Gasteiger partial charge in [-0.25, -0.2) is 13.8 Å². The fraction of sp³-hybridized carbons (Fsp3) is 0.417. The number of amides is 1. The van der Waals surface area contributed by atoms with E-state index in [4.69, 9.17) is 4.74 Å². The van der Waals surface area contributed by atoms with E-state index in [0.717, 1.165) is 43.3 Å². The number of halogens is 3. The molecule has 3 rings (SSSR count). The summed E-state index contributed by atoms with van der Waals surface area (Å²) in [5, 5.41) is 0.346. The second-order valence-corrected chi connectivity index (χ2v) is 8.45. The Morgan fingerprint density at radius 3 is 2.55 bits per heavy atom. The van der Waals surface area contributed by atoms with Gasteiger partial charge in [-0.1, -0.05) is 44.6 Å². The number of nitrogens with zero attached hydrogens (tertiary/aromatic N) is 3. The molecule has 1 heterocycles. The fourth-order valence-corrected chi connectivity index (χ4v) is 4.36. The number of benzene rings is 2. The van der Waals surface area contributed by atoms with Crippen molar-refractivity contribution < 1.29 is 18.3 Å². The summed E-state index contributed by atoms with van der Waals surface area (Å²) in [6, 6.07) is 9.11. The van der Waals surface area contributed by atoms with Crippen molar-refractivity contribution in [2.45, 2.75) is 33.6 Å². The van der Waals surface area contributed by atoms with E-state index in [1.165, 1.54) is 6.07 Å². The van der Waals surface area contributed by atoms with Crippen molar-refractivity contribution in [2.24, 2.45) is 0 Å². The van der Waals surface area contributed by atoms with E-state index in [1.807, 2.05) is 6.07 Å². The first-order chi connectivity index (χ1) is 15.5. The number of anilines is 1. The number of ether oxygens (including phenoxy) is 1. The number of hydrogen-bond donors (Lipinski definition) is 0. The van der Waals surface area contributed by atoms with Gasteiger partial charge in [-0.15, -0.1) is 12.4 Å². The van der Waals surface area contributed by atoms with Gasteiger partial charge in [-0.05, 0) is 43.8 Å². The maximum absolute atomic E-state index is 14.2. The van der Waals surface area contributed by atoms with Crippen molar-refractivity contribution in [3.8, 4) is 5.75 Å². The van der Waals surface area contributed by atoms with Gasteiger partial charge >= 0.3 is 0 Å². The third kappa shape index (κ3) is 6.85. The molecule has 33 heavy (non-hydrogen) atoms. The van der Waals surface area contributed by atoms with Gasteiger partial charge in [0, 0.05) is 24.7 Å². The lowest BCUT2D eigenvalue weighted by Gasteiger charge is -2.25. The predicted molar refractivity (Wildman–Crippen MR) is 133 cm³/mol. The van der Waals surface area contributed by atoms with E-state index in [-0.39, 0.29) is 23.8 Å². The standard InChI is InChI=1S/C24H29F2N3O2S.ClH/c1-4-7-13-31-19-10-8-9-17(14-19)23(30)29(12-11-28(5-2)6-3)24-27-22-20(26)15-18(25)16-21(22)32-24;/h8-10,14-16H,4-7,11-13H2,1-3H3;1H. The summed E-state index contributed by atoms with van der Waals surface area (Å²) in [6.45, 7) is 9.50. The van der Waals surface area contributed by atoms with Crippen LogP contribution in [0.25, 0.3) is 10.2 Å². The van der Waals surface area contributed by atoms with Crippen LogP contribution in [0.1, 0.15) is 44.0 Å². The molecule has 0 unspecified atom stereocenters. The van der Waals surface area contributed by atoms with Crippen LogP contribution in [0.5, 0.6) is 5.75 Å². The van der Waals surface area contributed by atoms with Crippen LogP contribution in [0.3, 0.4) is 0 Å². The topological polar surface area (TPSA) is 45.7 Å². The van der Waals surface area contributed by atoms with Crippen LogP contribution in [-0.4, -0.2) is 48.6 Å². The van der Waals surface area contributed by atoms with Gasteiger partial charge in [-0.3, -0.25) is 9.69 Å². The summed E-state index contributed by atoms with van der Waals surface area (Å²) in [5.41, 5.74) is 0.535. The van der Waals surface area contributed by atoms with E-state index in [1.54, 1.807) is 23.1 Å². The molecule has 0 spiro atoms. The minimum Gasteiger partial charge on any atom is -0.494 e. The van der Waals surface area contributed by atoms with Crippen molar-refractivity contribution in [2.75, 3.05) is 37.7 Å². The molecule has 9 heteroatoms. The maximum atomic E-state index is 14.2. The van der Waals surface area contributed by atoms with Crippen molar-refractivity contribution in [1.29, 1.82) is 0 Å². The summed E-state index contributed by atoms with van der Waals surface area (Å²) in [7, 11) is 0. The summed E-state index contributed by atoms with van der Waals surface area (Å²) in [6.07, 6.45) is 1.95. The van der Waals surface area contributed by atoms with E-state index < -0.39 is 11.6 Å². The highest BCUT2D eigenvalue weighted by Gasteiger charge is 2.23. The maximum Gasteiger partial charge on any atom is 0.260 e. The molecule has 0 fully saturated rings. The minimum absolute atomic E-state index is 0. The number of fused-ring (bicyclic) bond motifs is 1. The highest BCUT2D eigenvalue weighted by Crippen LogP contribution is 2.32. The Bertz CT molecular complexity index is 1060. The number of rotatable bonds is 11. The Kier molecular flexibility index (Phi) is 10.5. The average Bonchev–Trinajstić information content (AvgIpc) is 3.21. The zero-order valence-electron chi connectivity index (χ0n) is 19.1. The molecule has 0 aliphatic heterocycles. The summed E-state index contributed by atoms with van der Waals surface area (Å²) >= 11 is 1.11. The summed E-state index contributed by atoms with van der Waals surface area (Å²) < 4.78 is 34.1. The molecule has 2 aromatic carbocycles. The van der Waals surface area contributed by atoms with Crippen LogP contribution in [0, 0.1) is 11.6 Å². The Labute approximate surface area is 203 Å². The van der Waals surface area contributed by atoms with Crippen LogP contribution >= 0.6 is 23.7 Å². The van der Waals surface area contributed by atoms with Crippen LogP contribution < -0.4 is 9.64 Å². The molecular formula is C24H30ClF2N3O2S. The van der Waals surface area contributed by atoms with Gasteiger partial charge in [0.25, 0.3) is 5.91 Å². The Morgan fingerprint density at radius 2 is 1.85 bits per heavy atom. The molecule has 180 valence electrons. The molecule has 0 aliphatic rings. The molecule has 0 saturated heterocycles. The van der Waals surface area contributed by atoms with Crippen molar-refractivity contribution in [3.05, 3.63) is 53.6 Å². The first-order valence-electron chi connectivity index (χ1n) is 11.0. The summed E-state index contributed by atoms with van der Waals surface area (Å²) in [4.78, 5) is 21.6. The number of likely N-dealkylation sites (N-methyl/N-ethyl adjacent to an activating group) is 1. The van der Waals surface area contributed by atoms with Crippen LogP contribution in [0.15, 0.2) is 36.4 Å². The smallest absolute Gasteiger partial charge is 0.260 e. The third-order valence-electron chi connectivity index (χ3n) is 5.26. The zero-order chi connectivity index (χ0) is 23.1. The second kappa shape index (κ2) is 12.8. The number of aromatic nitrogens is 1. The largest absolute Gasteiger partial charge is 0.494 e. The molecule has 0 N–H and O–H groups in total. The molecule has 1 amide bonds. The number of thiazole rings is 1. The SMILES string of the molecule is CCCCOc1cccc(C(=O)N(CCN(CC)CC)c2nc3c(F)cc(F)cc3s2)c1.Cl. The first-order valence-corrected chi connectivity index (χ1v) is 11.8. The van der Waals surface area contributed by atoms with Gasteiger partial charge in [0.2, 0.25) is 0 Å². The lowest BCUT2D eigenvalue weighted by Crippen LogP contribution is -2.38. The van der Waals surface area contributed by atoms with Gasteiger partial charge < -0.3 is 9.64 Å². The highest BCUT2D eigenvalue weighted by molar-refractivity contribution is 7.22. The van der Waals surface area contributed by atoms with Gasteiger partial charge in [0.05, 0.1) is 11.3 Å². The quantitative estimate of drug-likeness (QED) is 0.297. The number of unbranched alkanes of at least 4 members (excludes halogenated alkanes) is 1. The van der Waals surface area contributed by atoms with E-state index in [2.05, 4.69) is 30.7 Å². The Hall–Kier alpha value is -2.29. The Morgan fingerprint density at radius 1 is 1.09 bits per heavy atom. The van der Waals surface area contributed by atoms with Crippen LogP contribution in [-0.2, 0) is 0 Å².